The molecule has 0 aromatic heterocycles. The molecular weight excluding hydrogens is 314 g/mol. The smallest absolute Gasteiger partial charge is 0.409 e. The van der Waals surface area contributed by atoms with Crippen LogP contribution >= 0.6 is 0 Å². The van der Waals surface area contributed by atoms with E-state index in [1.165, 1.54) is 22.3 Å². The average molecular weight is 337 g/mol. The van der Waals surface area contributed by atoms with Gasteiger partial charge in [0.2, 0.25) is 0 Å². The van der Waals surface area contributed by atoms with Crippen molar-refractivity contribution in [2.75, 3.05) is 26.3 Å². The number of morpholine rings is 1. The maximum Gasteiger partial charge on any atom is 0.409 e. The third-order valence-corrected chi connectivity index (χ3v) is 5.19. The van der Waals surface area contributed by atoms with E-state index in [4.69, 9.17) is 9.47 Å². The molecule has 1 fully saturated rings. The van der Waals surface area contributed by atoms with Crippen molar-refractivity contribution >= 4 is 6.09 Å². The summed E-state index contributed by atoms with van der Waals surface area (Å²) in [6, 6.07) is 16.8. The van der Waals surface area contributed by atoms with E-state index in [0.29, 0.717) is 26.3 Å². The second-order valence-electron chi connectivity index (χ2n) is 6.65. The van der Waals surface area contributed by atoms with Gasteiger partial charge in [0.1, 0.15) is 6.61 Å². The van der Waals surface area contributed by atoms with Gasteiger partial charge >= 0.3 is 6.09 Å². The van der Waals surface area contributed by atoms with Crippen LogP contribution in [0.25, 0.3) is 11.1 Å². The first-order valence-corrected chi connectivity index (χ1v) is 8.99. The number of carbonyl (C=O) groups is 1. The second kappa shape index (κ2) is 6.89. The fraction of sp³-hybridized carbons (Fsp3) is 0.381. The Balaban J connectivity index is 1.49. The SMILES string of the molecule is CC[C@@H]1CN(C(=O)OCC2c3ccccc3-c3ccccc32)CCO1. The quantitative estimate of drug-likeness (QED) is 0.848. The standard InChI is InChI=1S/C21H23NO3/c1-2-15-13-22(11-12-24-15)21(23)25-14-20-18-9-5-3-7-16(18)17-8-4-6-10-19(17)20/h3-10,15,20H,2,11-14H2,1H3/t15-/m1/s1. The van der Waals surface area contributed by atoms with Crippen molar-refractivity contribution in [3.05, 3.63) is 59.7 Å². The van der Waals surface area contributed by atoms with E-state index >= 15 is 0 Å². The molecule has 25 heavy (non-hydrogen) atoms. The van der Waals surface area contributed by atoms with Gasteiger partial charge in [0.05, 0.1) is 19.3 Å². The van der Waals surface area contributed by atoms with E-state index in [0.717, 1.165) is 6.42 Å². The number of carbonyl (C=O) groups excluding carboxylic acids is 1. The molecule has 1 aliphatic heterocycles. The summed E-state index contributed by atoms with van der Waals surface area (Å²) in [4.78, 5) is 14.3. The van der Waals surface area contributed by atoms with Crippen molar-refractivity contribution in [3.63, 3.8) is 0 Å². The molecule has 2 aromatic rings. The molecule has 1 aliphatic carbocycles. The minimum absolute atomic E-state index is 0.111. The van der Waals surface area contributed by atoms with Crippen LogP contribution < -0.4 is 0 Å². The van der Waals surface area contributed by atoms with Crippen molar-refractivity contribution in [3.8, 4) is 11.1 Å². The molecule has 130 valence electrons. The van der Waals surface area contributed by atoms with E-state index in [2.05, 4.69) is 43.3 Å². The highest BCUT2D eigenvalue weighted by Crippen LogP contribution is 2.44. The normalized spacial score (nSPS) is 19.4. The molecule has 1 atom stereocenters. The number of rotatable bonds is 3. The Morgan fingerprint density at radius 1 is 1.12 bits per heavy atom. The van der Waals surface area contributed by atoms with Gasteiger partial charge in [0, 0.05) is 12.5 Å². The van der Waals surface area contributed by atoms with E-state index in [1.807, 2.05) is 12.1 Å². The molecule has 1 amide bonds. The predicted octanol–water partition coefficient (Wildman–Crippen LogP) is 4.05. The fourth-order valence-electron chi connectivity index (χ4n) is 3.82. The molecule has 0 bridgehead atoms. The first-order valence-electron chi connectivity index (χ1n) is 8.99. The Kier molecular flexibility index (Phi) is 4.45. The summed E-state index contributed by atoms with van der Waals surface area (Å²) < 4.78 is 11.3. The molecule has 1 saturated heterocycles. The largest absolute Gasteiger partial charge is 0.448 e. The Labute approximate surface area is 148 Å². The number of nitrogens with zero attached hydrogens (tertiary/aromatic N) is 1. The molecule has 0 saturated carbocycles. The summed E-state index contributed by atoms with van der Waals surface area (Å²) in [6.07, 6.45) is 0.797. The predicted molar refractivity (Wildman–Crippen MR) is 96.7 cm³/mol. The minimum atomic E-state index is -0.233. The lowest BCUT2D eigenvalue weighted by molar-refractivity contribution is -0.0285. The van der Waals surface area contributed by atoms with E-state index < -0.39 is 0 Å². The number of fused-ring (bicyclic) bond motifs is 3. The summed E-state index contributed by atoms with van der Waals surface area (Å²) in [5.41, 5.74) is 4.97. The lowest BCUT2D eigenvalue weighted by atomic mass is 9.98. The van der Waals surface area contributed by atoms with E-state index in [-0.39, 0.29) is 18.1 Å². The molecule has 2 aromatic carbocycles. The van der Waals surface area contributed by atoms with Crippen LogP contribution in [0.15, 0.2) is 48.5 Å². The van der Waals surface area contributed by atoms with Gasteiger partial charge in [0.25, 0.3) is 0 Å². The highest BCUT2D eigenvalue weighted by molar-refractivity contribution is 5.79. The zero-order chi connectivity index (χ0) is 17.2. The number of hydrogen-bond acceptors (Lipinski definition) is 3. The van der Waals surface area contributed by atoms with E-state index in [1.54, 1.807) is 4.90 Å². The monoisotopic (exact) mass is 337 g/mol. The summed E-state index contributed by atoms with van der Waals surface area (Å²) >= 11 is 0. The number of hydrogen-bond donors (Lipinski definition) is 0. The summed E-state index contributed by atoms with van der Waals surface area (Å²) in [6.45, 7) is 4.26. The van der Waals surface area contributed by atoms with Crippen LogP contribution in [0.2, 0.25) is 0 Å². The maximum absolute atomic E-state index is 12.5. The van der Waals surface area contributed by atoms with Crippen molar-refractivity contribution in [1.29, 1.82) is 0 Å². The Morgan fingerprint density at radius 3 is 2.40 bits per heavy atom. The van der Waals surface area contributed by atoms with Crippen LogP contribution in [0.1, 0.15) is 30.4 Å². The fourth-order valence-corrected chi connectivity index (χ4v) is 3.82. The molecule has 4 heteroatoms. The van der Waals surface area contributed by atoms with Gasteiger partial charge in [-0.3, -0.25) is 0 Å². The number of benzene rings is 2. The molecule has 0 radical (unpaired) electrons. The van der Waals surface area contributed by atoms with Gasteiger partial charge in [-0.25, -0.2) is 4.79 Å². The van der Waals surface area contributed by atoms with Gasteiger partial charge in [-0.1, -0.05) is 55.5 Å². The first-order chi connectivity index (χ1) is 12.3. The molecule has 4 nitrogen and oxygen atoms in total. The van der Waals surface area contributed by atoms with E-state index in [9.17, 15) is 4.79 Å². The Hall–Kier alpha value is -2.33. The van der Waals surface area contributed by atoms with Gasteiger partial charge < -0.3 is 14.4 Å². The lowest BCUT2D eigenvalue weighted by Crippen LogP contribution is -2.45. The molecular formula is C21H23NO3. The average Bonchev–Trinajstić information content (AvgIpc) is 3.00. The molecule has 0 N–H and O–H groups in total. The lowest BCUT2D eigenvalue weighted by Gasteiger charge is -2.32. The van der Waals surface area contributed by atoms with Crippen molar-refractivity contribution in [1.82, 2.24) is 4.90 Å². The molecule has 1 heterocycles. The Morgan fingerprint density at radius 2 is 1.76 bits per heavy atom. The van der Waals surface area contributed by atoms with Crippen LogP contribution in [0.5, 0.6) is 0 Å². The first kappa shape index (κ1) is 16.2. The summed E-state index contributed by atoms with van der Waals surface area (Å²) in [5, 5.41) is 0. The zero-order valence-corrected chi connectivity index (χ0v) is 14.5. The van der Waals surface area contributed by atoms with Crippen LogP contribution in [-0.2, 0) is 9.47 Å². The van der Waals surface area contributed by atoms with Crippen molar-refractivity contribution in [2.24, 2.45) is 0 Å². The van der Waals surface area contributed by atoms with Gasteiger partial charge in [0.15, 0.2) is 0 Å². The molecule has 0 spiro atoms. The zero-order valence-electron chi connectivity index (χ0n) is 14.5. The van der Waals surface area contributed by atoms with Crippen LogP contribution in [0, 0.1) is 0 Å². The number of amides is 1. The summed E-state index contributed by atoms with van der Waals surface area (Å²) in [5.74, 6) is 0.111. The highest BCUT2D eigenvalue weighted by Gasteiger charge is 2.30. The van der Waals surface area contributed by atoms with Gasteiger partial charge in [-0.15, -0.1) is 0 Å². The van der Waals surface area contributed by atoms with Crippen LogP contribution in [-0.4, -0.2) is 43.4 Å². The topological polar surface area (TPSA) is 38.8 Å². The maximum atomic E-state index is 12.5. The van der Waals surface area contributed by atoms with Crippen LogP contribution in [0.4, 0.5) is 4.79 Å². The molecule has 2 aliphatic rings. The van der Waals surface area contributed by atoms with Crippen molar-refractivity contribution in [2.45, 2.75) is 25.4 Å². The third kappa shape index (κ3) is 3.02. The highest BCUT2D eigenvalue weighted by atomic mass is 16.6. The molecule has 4 rings (SSSR count). The second-order valence-corrected chi connectivity index (χ2v) is 6.65. The summed E-state index contributed by atoms with van der Waals surface area (Å²) in [7, 11) is 0. The third-order valence-electron chi connectivity index (χ3n) is 5.19. The molecule has 0 unspecified atom stereocenters. The minimum Gasteiger partial charge on any atom is -0.448 e. The van der Waals surface area contributed by atoms with Crippen molar-refractivity contribution < 1.29 is 14.3 Å². The van der Waals surface area contributed by atoms with Gasteiger partial charge in [-0.05, 0) is 28.7 Å². The van der Waals surface area contributed by atoms with Crippen LogP contribution in [0.3, 0.4) is 0 Å². The number of ether oxygens (including phenoxy) is 2. The van der Waals surface area contributed by atoms with Gasteiger partial charge in [-0.2, -0.15) is 0 Å². The Bertz CT molecular complexity index is 728.